The number of hydrogen-bond acceptors (Lipinski definition) is 2. The first-order valence-corrected chi connectivity index (χ1v) is 7.11. The normalized spacial score (nSPS) is 20.8. The van der Waals surface area contributed by atoms with Crippen molar-refractivity contribution in [2.45, 2.75) is 58.2 Å². The van der Waals surface area contributed by atoms with Crippen LogP contribution in [0.1, 0.15) is 47.1 Å². The molecule has 0 atom stereocenters. The van der Waals surface area contributed by atoms with E-state index in [1.54, 1.807) is 0 Å². The van der Waals surface area contributed by atoms with Crippen molar-refractivity contribution in [1.82, 2.24) is 4.90 Å². The summed E-state index contributed by atoms with van der Waals surface area (Å²) < 4.78 is 0. The van der Waals surface area contributed by atoms with Gasteiger partial charge in [-0.2, -0.15) is 0 Å². The Labute approximate surface area is 118 Å². The zero-order valence-corrected chi connectivity index (χ0v) is 13.7. The summed E-state index contributed by atoms with van der Waals surface area (Å²) in [5, 5.41) is 0. The van der Waals surface area contributed by atoms with Crippen molar-refractivity contribution in [3.63, 3.8) is 0 Å². The largest absolute Gasteiger partial charge is 0.357 e. The molecule has 2 heteroatoms. The Morgan fingerprint density at radius 1 is 0.895 bits per heavy atom. The summed E-state index contributed by atoms with van der Waals surface area (Å²) in [5.41, 5.74) is 3.27. The van der Waals surface area contributed by atoms with E-state index in [4.69, 9.17) is 0 Å². The van der Waals surface area contributed by atoms with Gasteiger partial charge in [0.1, 0.15) is 0 Å². The van der Waals surface area contributed by atoms with Crippen molar-refractivity contribution >= 4 is 5.69 Å². The minimum absolute atomic E-state index is 0.0719. The SMILES string of the molecule is CN(C)C(C)(C)c1ccc(N2C(C)(C)C2(C)C)cc1. The lowest BCUT2D eigenvalue weighted by molar-refractivity contribution is 0.198. The van der Waals surface area contributed by atoms with Crippen molar-refractivity contribution < 1.29 is 0 Å². The molecule has 0 aromatic heterocycles. The smallest absolute Gasteiger partial charge is 0.0578 e. The average Bonchev–Trinajstić information content (AvgIpc) is 2.69. The number of hydrogen-bond donors (Lipinski definition) is 0. The van der Waals surface area contributed by atoms with Crippen molar-refractivity contribution in [3.8, 4) is 0 Å². The fourth-order valence-corrected chi connectivity index (χ4v) is 2.84. The molecule has 106 valence electrons. The molecule has 0 amide bonds. The summed E-state index contributed by atoms with van der Waals surface area (Å²) in [4.78, 5) is 4.75. The van der Waals surface area contributed by atoms with Crippen LogP contribution in [0, 0.1) is 0 Å². The molecule has 1 aliphatic rings. The molecule has 0 aliphatic carbocycles. The Kier molecular flexibility index (Phi) is 3.02. The molecule has 1 fully saturated rings. The summed E-state index contributed by atoms with van der Waals surface area (Å²) >= 11 is 0. The summed E-state index contributed by atoms with van der Waals surface area (Å²) in [7, 11) is 4.26. The monoisotopic (exact) mass is 260 g/mol. The van der Waals surface area contributed by atoms with Crippen LogP contribution in [0.4, 0.5) is 5.69 Å². The Bertz CT molecular complexity index is 453. The Morgan fingerprint density at radius 3 is 1.63 bits per heavy atom. The highest BCUT2D eigenvalue weighted by atomic mass is 15.4. The number of rotatable bonds is 3. The Hall–Kier alpha value is -1.02. The number of nitrogens with zero attached hydrogens (tertiary/aromatic N) is 2. The van der Waals surface area contributed by atoms with E-state index in [0.29, 0.717) is 0 Å². The topological polar surface area (TPSA) is 6.25 Å². The zero-order valence-electron chi connectivity index (χ0n) is 13.7. The van der Waals surface area contributed by atoms with Crippen molar-refractivity contribution in [2.24, 2.45) is 0 Å². The van der Waals surface area contributed by atoms with E-state index in [1.807, 2.05) is 0 Å². The van der Waals surface area contributed by atoms with Crippen LogP contribution in [0.3, 0.4) is 0 Å². The second kappa shape index (κ2) is 3.99. The van der Waals surface area contributed by atoms with E-state index < -0.39 is 0 Å². The number of benzene rings is 1. The maximum absolute atomic E-state index is 2.49. The fourth-order valence-electron chi connectivity index (χ4n) is 2.84. The quantitative estimate of drug-likeness (QED) is 0.761. The molecular weight excluding hydrogens is 232 g/mol. The van der Waals surface area contributed by atoms with Gasteiger partial charge in [0.15, 0.2) is 0 Å². The lowest BCUT2D eigenvalue weighted by Gasteiger charge is -2.33. The van der Waals surface area contributed by atoms with E-state index in [1.165, 1.54) is 11.3 Å². The highest BCUT2D eigenvalue weighted by Crippen LogP contribution is 2.53. The second-order valence-electron chi connectivity index (χ2n) is 7.45. The van der Waals surface area contributed by atoms with Gasteiger partial charge in [-0.3, -0.25) is 0 Å². The van der Waals surface area contributed by atoms with Gasteiger partial charge in [0.05, 0.1) is 11.1 Å². The van der Waals surface area contributed by atoms with Crippen LogP contribution in [0.25, 0.3) is 0 Å². The first kappa shape index (κ1) is 14.4. The maximum atomic E-state index is 2.49. The lowest BCUT2D eigenvalue weighted by Crippen LogP contribution is -2.35. The molecular formula is C17H28N2. The van der Waals surface area contributed by atoms with Gasteiger partial charge >= 0.3 is 0 Å². The lowest BCUT2D eigenvalue weighted by atomic mass is 9.93. The summed E-state index contributed by atoms with van der Waals surface area (Å²) in [5.74, 6) is 0. The molecule has 19 heavy (non-hydrogen) atoms. The second-order valence-corrected chi connectivity index (χ2v) is 7.45. The van der Waals surface area contributed by atoms with Crippen molar-refractivity contribution in [2.75, 3.05) is 19.0 Å². The molecule has 0 unspecified atom stereocenters. The molecule has 0 radical (unpaired) electrons. The molecule has 0 saturated carbocycles. The van der Waals surface area contributed by atoms with Gasteiger partial charge in [0, 0.05) is 11.2 Å². The van der Waals surface area contributed by atoms with Gasteiger partial charge in [-0.1, -0.05) is 12.1 Å². The molecule has 0 bridgehead atoms. The highest BCUT2D eigenvalue weighted by Gasteiger charge is 2.62. The third kappa shape index (κ3) is 1.97. The zero-order chi connectivity index (χ0) is 14.6. The summed E-state index contributed by atoms with van der Waals surface area (Å²) in [6.07, 6.45) is 0. The molecule has 1 heterocycles. The van der Waals surface area contributed by atoms with E-state index in [0.717, 1.165) is 0 Å². The predicted octanol–water partition coefficient (Wildman–Crippen LogP) is 3.86. The Morgan fingerprint density at radius 2 is 1.32 bits per heavy atom. The van der Waals surface area contributed by atoms with Crippen LogP contribution >= 0.6 is 0 Å². The molecule has 2 rings (SSSR count). The van der Waals surface area contributed by atoms with Crippen LogP contribution < -0.4 is 4.90 Å². The van der Waals surface area contributed by atoms with Crippen molar-refractivity contribution in [3.05, 3.63) is 29.8 Å². The predicted molar refractivity (Wildman–Crippen MR) is 83.8 cm³/mol. The van der Waals surface area contributed by atoms with Gasteiger partial charge in [-0.25, -0.2) is 0 Å². The van der Waals surface area contributed by atoms with E-state index in [9.17, 15) is 0 Å². The summed E-state index contributed by atoms with van der Waals surface area (Å²) in [6.45, 7) is 13.8. The molecule has 1 saturated heterocycles. The number of anilines is 1. The van der Waals surface area contributed by atoms with Crippen LogP contribution in [0.5, 0.6) is 0 Å². The minimum atomic E-state index is 0.0719. The van der Waals surface area contributed by atoms with Gasteiger partial charge in [-0.15, -0.1) is 0 Å². The van der Waals surface area contributed by atoms with Gasteiger partial charge < -0.3 is 9.80 Å². The van der Waals surface area contributed by atoms with Crippen LogP contribution in [-0.2, 0) is 5.54 Å². The molecule has 1 aromatic rings. The average molecular weight is 260 g/mol. The van der Waals surface area contributed by atoms with Gasteiger partial charge in [-0.05, 0) is 73.3 Å². The maximum Gasteiger partial charge on any atom is 0.0578 e. The first-order chi connectivity index (χ1) is 8.53. The molecule has 1 aromatic carbocycles. The van der Waals surface area contributed by atoms with Crippen LogP contribution in [0.2, 0.25) is 0 Å². The van der Waals surface area contributed by atoms with Gasteiger partial charge in [0.2, 0.25) is 0 Å². The minimum Gasteiger partial charge on any atom is -0.357 e. The van der Waals surface area contributed by atoms with Crippen LogP contribution in [-0.4, -0.2) is 30.1 Å². The third-order valence-corrected chi connectivity index (χ3v) is 5.52. The Balaban J connectivity index is 2.27. The molecule has 0 spiro atoms. The fraction of sp³-hybridized carbons (Fsp3) is 0.647. The van der Waals surface area contributed by atoms with Crippen LogP contribution in [0.15, 0.2) is 24.3 Å². The molecule has 2 nitrogen and oxygen atoms in total. The van der Waals surface area contributed by atoms with E-state index in [2.05, 4.69) is 89.7 Å². The van der Waals surface area contributed by atoms with E-state index >= 15 is 0 Å². The first-order valence-electron chi connectivity index (χ1n) is 7.11. The molecule has 0 N–H and O–H groups in total. The molecule has 1 aliphatic heterocycles. The third-order valence-electron chi connectivity index (χ3n) is 5.52. The summed E-state index contributed by atoms with van der Waals surface area (Å²) in [6, 6.07) is 9.05. The van der Waals surface area contributed by atoms with Gasteiger partial charge in [0.25, 0.3) is 0 Å². The van der Waals surface area contributed by atoms with Crippen molar-refractivity contribution in [1.29, 1.82) is 0 Å². The standard InChI is InChI=1S/C17H28N2/c1-15(2,18(7)8)13-9-11-14(12-10-13)19-16(3,4)17(19,5)6/h9-12H,1-8H3. The highest BCUT2D eigenvalue weighted by molar-refractivity contribution is 5.63. The van der Waals surface area contributed by atoms with E-state index in [-0.39, 0.29) is 16.6 Å².